The molecule has 0 aromatic heterocycles. The Balaban J connectivity index is 1.47. The van der Waals surface area contributed by atoms with E-state index in [9.17, 15) is 19.5 Å². The first-order chi connectivity index (χ1) is 17.0. The van der Waals surface area contributed by atoms with Gasteiger partial charge in [0.05, 0.1) is 17.1 Å². The lowest BCUT2D eigenvalue weighted by Crippen LogP contribution is -2.25. The number of rotatable bonds is 4. The number of anilines is 1. The second-order valence-electron chi connectivity index (χ2n) is 9.48. The standard InChI is InChI=1S/C28H26N4O4/c1-13-17-9-15(27(29)35)5-7-21(17)31(3)23(13)11-19-25(33)20(26(19)34)12-24-14(2)18-10-16(28(30)36)6-8-22(18)32(24)4/h5-14H,1-4H3,(H4-,29,30,33,34,35,36)/p+1. The highest BCUT2D eigenvalue weighted by molar-refractivity contribution is 6.23. The summed E-state index contributed by atoms with van der Waals surface area (Å²) in [5, 5.41) is 10.8. The van der Waals surface area contributed by atoms with Gasteiger partial charge in [0, 0.05) is 53.2 Å². The van der Waals surface area contributed by atoms with E-state index >= 15 is 0 Å². The van der Waals surface area contributed by atoms with Crippen molar-refractivity contribution in [2.24, 2.45) is 11.5 Å². The Bertz CT molecular complexity index is 1530. The van der Waals surface area contributed by atoms with E-state index in [1.165, 1.54) is 0 Å². The maximum atomic E-state index is 13.1. The number of Topliss-reactive ketones (excluding diaryl/α,β-unsaturated/α-hetero) is 1. The quantitative estimate of drug-likeness (QED) is 0.454. The molecule has 2 aromatic carbocycles. The Morgan fingerprint density at radius 2 is 1.58 bits per heavy atom. The number of hydrogen-bond donors (Lipinski definition) is 3. The van der Waals surface area contributed by atoms with Gasteiger partial charge >= 0.3 is 0 Å². The molecular formula is C28H27N4O4+. The van der Waals surface area contributed by atoms with Crippen LogP contribution in [0.15, 0.2) is 71.2 Å². The van der Waals surface area contributed by atoms with Crippen LogP contribution < -0.4 is 16.4 Å². The molecule has 5 rings (SSSR count). The summed E-state index contributed by atoms with van der Waals surface area (Å²) < 4.78 is 1.95. The maximum absolute atomic E-state index is 13.1. The van der Waals surface area contributed by atoms with Crippen molar-refractivity contribution >= 4 is 34.7 Å². The molecule has 0 fully saturated rings. The number of carbonyl (C=O) groups excluding carboxylic acids is 3. The number of aliphatic hydroxyl groups is 1. The average molecular weight is 484 g/mol. The molecule has 5 N–H and O–H groups in total. The van der Waals surface area contributed by atoms with Crippen molar-refractivity contribution in [3.63, 3.8) is 0 Å². The molecule has 2 amide bonds. The van der Waals surface area contributed by atoms with E-state index in [2.05, 4.69) is 0 Å². The first-order valence-electron chi connectivity index (χ1n) is 11.6. The number of likely N-dealkylation sites (N-methyl/N-ethyl adjacent to an activating group) is 1. The summed E-state index contributed by atoms with van der Waals surface area (Å²) in [5.74, 6) is -1.46. The number of carbonyl (C=O) groups is 3. The number of benzene rings is 2. The van der Waals surface area contributed by atoms with Crippen LogP contribution in [0.4, 0.5) is 11.4 Å². The lowest BCUT2D eigenvalue weighted by molar-refractivity contribution is -0.401. The smallest absolute Gasteiger partial charge is 0.248 e. The van der Waals surface area contributed by atoms with Crippen LogP contribution in [0, 0.1) is 0 Å². The van der Waals surface area contributed by atoms with Gasteiger partial charge in [-0.05, 0) is 48.9 Å². The van der Waals surface area contributed by atoms with Crippen LogP contribution in [0.3, 0.4) is 0 Å². The number of nitrogens with two attached hydrogens (primary N) is 2. The number of nitrogens with zero attached hydrogens (tertiary/aromatic N) is 2. The van der Waals surface area contributed by atoms with E-state index in [-0.39, 0.29) is 34.5 Å². The third kappa shape index (κ3) is 3.29. The van der Waals surface area contributed by atoms with Crippen molar-refractivity contribution < 1.29 is 24.1 Å². The molecule has 0 bridgehead atoms. The van der Waals surface area contributed by atoms with E-state index in [1.807, 2.05) is 49.6 Å². The van der Waals surface area contributed by atoms with Gasteiger partial charge in [-0.3, -0.25) is 14.4 Å². The summed E-state index contributed by atoms with van der Waals surface area (Å²) in [5.41, 5.74) is 17.6. The van der Waals surface area contributed by atoms with E-state index in [0.717, 1.165) is 33.9 Å². The fourth-order valence-electron chi connectivity index (χ4n) is 5.35. The highest BCUT2D eigenvalue weighted by atomic mass is 16.3. The van der Waals surface area contributed by atoms with Crippen molar-refractivity contribution in [3.05, 3.63) is 93.4 Å². The molecule has 36 heavy (non-hydrogen) atoms. The molecular weight excluding hydrogens is 456 g/mol. The lowest BCUT2D eigenvalue weighted by atomic mass is 9.84. The van der Waals surface area contributed by atoms with Crippen LogP contribution in [0.1, 0.15) is 57.5 Å². The van der Waals surface area contributed by atoms with Gasteiger partial charge in [-0.25, -0.2) is 0 Å². The van der Waals surface area contributed by atoms with Crippen LogP contribution >= 0.6 is 0 Å². The van der Waals surface area contributed by atoms with Crippen molar-refractivity contribution in [1.29, 1.82) is 0 Å². The third-order valence-corrected chi connectivity index (χ3v) is 7.53. The average Bonchev–Trinajstić information content (AvgIpc) is 3.24. The molecule has 2 aliphatic heterocycles. The van der Waals surface area contributed by atoms with Crippen molar-refractivity contribution in [2.45, 2.75) is 25.7 Å². The predicted octanol–water partition coefficient (Wildman–Crippen LogP) is 3.17. The van der Waals surface area contributed by atoms with Crippen molar-refractivity contribution in [2.75, 3.05) is 19.0 Å². The molecule has 0 saturated carbocycles. The van der Waals surface area contributed by atoms with E-state index < -0.39 is 11.8 Å². The Morgan fingerprint density at radius 1 is 0.972 bits per heavy atom. The Morgan fingerprint density at radius 3 is 2.19 bits per heavy atom. The van der Waals surface area contributed by atoms with E-state index in [4.69, 9.17) is 11.5 Å². The maximum Gasteiger partial charge on any atom is 0.248 e. The summed E-state index contributed by atoms with van der Waals surface area (Å²) in [7, 11) is 3.77. The van der Waals surface area contributed by atoms with Crippen LogP contribution in [0.5, 0.6) is 0 Å². The minimum atomic E-state index is -0.494. The minimum absolute atomic E-state index is 0.0521. The summed E-state index contributed by atoms with van der Waals surface area (Å²) in [6, 6.07) is 10.6. The van der Waals surface area contributed by atoms with Gasteiger partial charge in [-0.2, -0.15) is 4.58 Å². The SMILES string of the molecule is CC1C(/C=C2/C(=O)C(/C=C3/C(C)c4cc(C(N)=O)ccc4N3C)=C2O)=[N+](C)c2ccc(C(N)=O)cc21. The largest absolute Gasteiger partial charge is 0.506 e. The fourth-order valence-corrected chi connectivity index (χ4v) is 5.35. The van der Waals surface area contributed by atoms with E-state index in [0.29, 0.717) is 11.1 Å². The first-order valence-corrected chi connectivity index (χ1v) is 11.6. The van der Waals surface area contributed by atoms with Gasteiger partial charge in [0.15, 0.2) is 5.71 Å². The molecule has 1 aliphatic carbocycles. The molecule has 182 valence electrons. The normalized spacial score (nSPS) is 22.9. The highest BCUT2D eigenvalue weighted by Gasteiger charge is 2.39. The minimum Gasteiger partial charge on any atom is -0.506 e. The Kier molecular flexibility index (Phi) is 5.21. The number of allylic oxidation sites excluding steroid dienone is 5. The molecule has 2 aromatic rings. The zero-order valence-corrected chi connectivity index (χ0v) is 20.5. The van der Waals surface area contributed by atoms with Crippen LogP contribution in [-0.2, 0) is 4.79 Å². The van der Waals surface area contributed by atoms with Gasteiger partial charge in [-0.1, -0.05) is 6.92 Å². The number of hydrogen-bond acceptors (Lipinski definition) is 5. The number of amides is 2. The Hall–Kier alpha value is -4.46. The van der Waals surface area contributed by atoms with Gasteiger partial charge in [0.1, 0.15) is 12.8 Å². The van der Waals surface area contributed by atoms with Gasteiger partial charge in [0.2, 0.25) is 23.3 Å². The fraction of sp³-hybridized carbons (Fsp3) is 0.214. The summed E-state index contributed by atoms with van der Waals surface area (Å²) >= 11 is 0. The van der Waals surface area contributed by atoms with Crippen molar-refractivity contribution in [1.82, 2.24) is 0 Å². The number of ketones is 1. The topological polar surface area (TPSA) is 130 Å². The molecule has 2 heterocycles. The number of fused-ring (bicyclic) bond motifs is 2. The predicted molar refractivity (Wildman–Crippen MR) is 137 cm³/mol. The van der Waals surface area contributed by atoms with Crippen molar-refractivity contribution in [3.8, 4) is 0 Å². The molecule has 8 nitrogen and oxygen atoms in total. The third-order valence-electron chi connectivity index (χ3n) is 7.53. The lowest BCUT2D eigenvalue weighted by Gasteiger charge is -2.22. The Labute approximate surface area is 208 Å². The summed E-state index contributed by atoms with van der Waals surface area (Å²) in [4.78, 5) is 38.3. The molecule has 2 atom stereocenters. The van der Waals surface area contributed by atoms with E-state index in [1.54, 1.807) is 36.4 Å². The second-order valence-corrected chi connectivity index (χ2v) is 9.48. The molecule has 2 unspecified atom stereocenters. The highest BCUT2D eigenvalue weighted by Crippen LogP contribution is 2.45. The summed E-state index contributed by atoms with van der Waals surface area (Å²) in [6.45, 7) is 3.97. The van der Waals surface area contributed by atoms with Crippen LogP contribution in [0.25, 0.3) is 0 Å². The second kappa shape index (κ2) is 8.05. The van der Waals surface area contributed by atoms with Crippen LogP contribution in [-0.4, -0.2) is 47.1 Å². The van der Waals surface area contributed by atoms with Gasteiger partial charge in [0.25, 0.3) is 0 Å². The number of aliphatic hydroxyl groups excluding tert-OH is 1. The van der Waals surface area contributed by atoms with Gasteiger partial charge in [-0.15, -0.1) is 0 Å². The first kappa shape index (κ1) is 23.3. The van der Waals surface area contributed by atoms with Gasteiger partial charge < -0.3 is 21.5 Å². The zero-order valence-electron chi connectivity index (χ0n) is 20.5. The molecule has 0 spiro atoms. The zero-order chi connectivity index (χ0) is 26.0. The number of primary amides is 2. The molecule has 3 aliphatic rings. The molecule has 0 saturated heterocycles. The summed E-state index contributed by atoms with van der Waals surface area (Å²) in [6.07, 6.45) is 3.42. The molecule has 8 heteroatoms. The molecule has 0 radical (unpaired) electrons. The monoisotopic (exact) mass is 483 g/mol. The van der Waals surface area contributed by atoms with Crippen LogP contribution in [0.2, 0.25) is 0 Å².